The summed E-state index contributed by atoms with van der Waals surface area (Å²) in [6.45, 7) is 3.75. The van der Waals surface area contributed by atoms with Crippen LogP contribution in [0.1, 0.15) is 22.6 Å². The summed E-state index contributed by atoms with van der Waals surface area (Å²) >= 11 is 5.96. The van der Waals surface area contributed by atoms with Crippen LogP contribution in [0.15, 0.2) is 18.2 Å². The standard InChI is InChI=1S/C13H13ClFN3/c1-7-8(2)17-12(18-13(7)16)5-9-3-4-10(15)6-11(9)14/h3-4,6H,5H2,1-2H3,(H2,16,17,18). The van der Waals surface area contributed by atoms with E-state index in [1.165, 1.54) is 12.1 Å². The molecule has 1 heterocycles. The van der Waals surface area contributed by atoms with Crippen molar-refractivity contribution in [2.75, 3.05) is 5.73 Å². The Bertz CT molecular complexity index is 576. The van der Waals surface area contributed by atoms with E-state index in [0.29, 0.717) is 23.1 Å². The third-order valence-electron chi connectivity index (χ3n) is 2.84. The van der Waals surface area contributed by atoms with Crippen LogP contribution in [0.25, 0.3) is 0 Å². The molecule has 0 bridgehead atoms. The van der Waals surface area contributed by atoms with Gasteiger partial charge >= 0.3 is 0 Å². The van der Waals surface area contributed by atoms with Gasteiger partial charge < -0.3 is 5.73 Å². The molecule has 1 aromatic carbocycles. The van der Waals surface area contributed by atoms with Crippen LogP contribution in [0.5, 0.6) is 0 Å². The number of rotatable bonds is 2. The summed E-state index contributed by atoms with van der Waals surface area (Å²) in [5, 5.41) is 0.371. The number of halogens is 2. The molecule has 3 nitrogen and oxygen atoms in total. The van der Waals surface area contributed by atoms with Crippen molar-refractivity contribution < 1.29 is 4.39 Å². The first-order valence-corrected chi connectivity index (χ1v) is 5.88. The summed E-state index contributed by atoms with van der Waals surface area (Å²) in [6, 6.07) is 4.28. The molecule has 5 heteroatoms. The van der Waals surface area contributed by atoms with Crippen LogP contribution in [0.2, 0.25) is 5.02 Å². The molecule has 2 rings (SSSR count). The lowest BCUT2D eigenvalue weighted by Crippen LogP contribution is -2.05. The second-order valence-corrected chi connectivity index (χ2v) is 4.56. The number of benzene rings is 1. The molecule has 0 amide bonds. The van der Waals surface area contributed by atoms with Crippen molar-refractivity contribution in [3.8, 4) is 0 Å². The molecule has 0 atom stereocenters. The van der Waals surface area contributed by atoms with E-state index in [9.17, 15) is 4.39 Å². The molecule has 0 aliphatic heterocycles. The minimum atomic E-state index is -0.357. The Balaban J connectivity index is 2.34. The third kappa shape index (κ3) is 2.59. The molecule has 0 radical (unpaired) electrons. The molecule has 2 aromatic rings. The largest absolute Gasteiger partial charge is 0.383 e. The number of nitrogens with two attached hydrogens (primary N) is 1. The Labute approximate surface area is 110 Å². The van der Waals surface area contributed by atoms with Gasteiger partial charge in [-0.2, -0.15) is 0 Å². The lowest BCUT2D eigenvalue weighted by molar-refractivity contribution is 0.627. The summed E-state index contributed by atoms with van der Waals surface area (Å²) in [5.41, 5.74) is 8.29. The van der Waals surface area contributed by atoms with E-state index < -0.39 is 0 Å². The van der Waals surface area contributed by atoms with Crippen molar-refractivity contribution in [2.45, 2.75) is 20.3 Å². The lowest BCUT2D eigenvalue weighted by atomic mass is 10.1. The minimum absolute atomic E-state index is 0.357. The minimum Gasteiger partial charge on any atom is -0.383 e. The maximum absolute atomic E-state index is 12.9. The maximum atomic E-state index is 12.9. The zero-order chi connectivity index (χ0) is 13.3. The van der Waals surface area contributed by atoms with Crippen LogP contribution in [0.3, 0.4) is 0 Å². The number of hydrogen-bond acceptors (Lipinski definition) is 3. The first-order chi connectivity index (χ1) is 8.47. The fourth-order valence-electron chi connectivity index (χ4n) is 1.63. The van der Waals surface area contributed by atoms with Crippen molar-refractivity contribution in [1.82, 2.24) is 9.97 Å². The van der Waals surface area contributed by atoms with E-state index in [1.807, 2.05) is 13.8 Å². The van der Waals surface area contributed by atoms with E-state index in [4.69, 9.17) is 17.3 Å². The first kappa shape index (κ1) is 12.8. The molecule has 2 N–H and O–H groups in total. The van der Waals surface area contributed by atoms with Crippen molar-refractivity contribution in [2.24, 2.45) is 0 Å². The summed E-state index contributed by atoms with van der Waals surface area (Å²) in [5.74, 6) is 0.698. The molecule has 18 heavy (non-hydrogen) atoms. The number of nitrogens with zero attached hydrogens (tertiary/aromatic N) is 2. The van der Waals surface area contributed by atoms with Gasteiger partial charge in [0.25, 0.3) is 0 Å². The highest BCUT2D eigenvalue weighted by atomic mass is 35.5. The van der Waals surface area contributed by atoms with Crippen LogP contribution in [-0.4, -0.2) is 9.97 Å². The van der Waals surface area contributed by atoms with E-state index in [2.05, 4.69) is 9.97 Å². The van der Waals surface area contributed by atoms with Gasteiger partial charge in [0, 0.05) is 22.7 Å². The van der Waals surface area contributed by atoms with Gasteiger partial charge in [-0.25, -0.2) is 14.4 Å². The Hall–Kier alpha value is -1.68. The van der Waals surface area contributed by atoms with Crippen molar-refractivity contribution in [3.63, 3.8) is 0 Å². The topological polar surface area (TPSA) is 51.8 Å². The molecular weight excluding hydrogens is 253 g/mol. The molecular formula is C13H13ClFN3. The van der Waals surface area contributed by atoms with E-state index in [-0.39, 0.29) is 5.82 Å². The summed E-state index contributed by atoms with van der Waals surface area (Å²) in [4.78, 5) is 8.56. The monoisotopic (exact) mass is 265 g/mol. The van der Waals surface area contributed by atoms with Crippen LogP contribution in [0, 0.1) is 19.7 Å². The second-order valence-electron chi connectivity index (χ2n) is 4.15. The normalized spacial score (nSPS) is 10.7. The van der Waals surface area contributed by atoms with Crippen LogP contribution >= 0.6 is 11.6 Å². The SMILES string of the molecule is Cc1nc(Cc2ccc(F)cc2Cl)nc(N)c1C. The van der Waals surface area contributed by atoms with Gasteiger partial charge in [0.1, 0.15) is 17.5 Å². The third-order valence-corrected chi connectivity index (χ3v) is 3.19. The van der Waals surface area contributed by atoms with Gasteiger partial charge in [-0.1, -0.05) is 17.7 Å². The average molecular weight is 266 g/mol. The van der Waals surface area contributed by atoms with E-state index >= 15 is 0 Å². The zero-order valence-electron chi connectivity index (χ0n) is 10.2. The van der Waals surface area contributed by atoms with Crippen LogP contribution in [0.4, 0.5) is 10.2 Å². The molecule has 0 saturated carbocycles. The average Bonchev–Trinajstić information content (AvgIpc) is 2.29. The molecule has 0 saturated heterocycles. The summed E-state index contributed by atoms with van der Waals surface area (Å²) in [6.07, 6.45) is 0.435. The first-order valence-electron chi connectivity index (χ1n) is 5.51. The van der Waals surface area contributed by atoms with Crippen molar-refractivity contribution in [3.05, 3.63) is 51.7 Å². The number of hydrogen-bond donors (Lipinski definition) is 1. The number of anilines is 1. The predicted molar refractivity (Wildman–Crippen MR) is 70.1 cm³/mol. The van der Waals surface area contributed by atoms with Gasteiger partial charge in [-0.05, 0) is 31.5 Å². The van der Waals surface area contributed by atoms with Gasteiger partial charge in [0.2, 0.25) is 0 Å². The lowest BCUT2D eigenvalue weighted by Gasteiger charge is -2.08. The van der Waals surface area contributed by atoms with Gasteiger partial charge in [-0.15, -0.1) is 0 Å². The van der Waals surface area contributed by atoms with Gasteiger partial charge in [0.15, 0.2) is 0 Å². The Morgan fingerprint density at radius 3 is 2.61 bits per heavy atom. The maximum Gasteiger partial charge on any atom is 0.135 e. The van der Waals surface area contributed by atoms with Crippen LogP contribution in [-0.2, 0) is 6.42 Å². The highest BCUT2D eigenvalue weighted by Crippen LogP contribution is 2.20. The second kappa shape index (κ2) is 4.90. The Morgan fingerprint density at radius 2 is 2.00 bits per heavy atom. The van der Waals surface area contributed by atoms with Gasteiger partial charge in [-0.3, -0.25) is 0 Å². The molecule has 0 fully saturated rings. The summed E-state index contributed by atoms with van der Waals surface area (Å²) in [7, 11) is 0. The predicted octanol–water partition coefficient (Wildman–Crippen LogP) is 3.06. The molecule has 0 aliphatic carbocycles. The number of aromatic nitrogens is 2. The number of aryl methyl sites for hydroxylation is 1. The highest BCUT2D eigenvalue weighted by Gasteiger charge is 2.08. The highest BCUT2D eigenvalue weighted by molar-refractivity contribution is 6.31. The summed E-state index contributed by atoms with van der Waals surface area (Å²) < 4.78 is 12.9. The molecule has 1 aromatic heterocycles. The van der Waals surface area contributed by atoms with Crippen molar-refractivity contribution >= 4 is 17.4 Å². The van der Waals surface area contributed by atoms with E-state index in [0.717, 1.165) is 16.8 Å². The van der Waals surface area contributed by atoms with Crippen LogP contribution < -0.4 is 5.73 Å². The van der Waals surface area contributed by atoms with Gasteiger partial charge in [0.05, 0.1) is 0 Å². The smallest absolute Gasteiger partial charge is 0.135 e. The zero-order valence-corrected chi connectivity index (χ0v) is 10.9. The Kier molecular flexibility index (Phi) is 3.48. The molecule has 0 spiro atoms. The Morgan fingerprint density at radius 1 is 1.28 bits per heavy atom. The molecule has 0 unspecified atom stereocenters. The molecule has 94 valence electrons. The van der Waals surface area contributed by atoms with E-state index in [1.54, 1.807) is 6.07 Å². The fraction of sp³-hybridized carbons (Fsp3) is 0.231. The quantitative estimate of drug-likeness (QED) is 0.908. The fourth-order valence-corrected chi connectivity index (χ4v) is 1.86. The number of nitrogen functional groups attached to an aromatic ring is 1. The molecule has 0 aliphatic rings. The van der Waals surface area contributed by atoms with Crippen molar-refractivity contribution in [1.29, 1.82) is 0 Å².